The van der Waals surface area contributed by atoms with Gasteiger partial charge in [0.2, 0.25) is 11.8 Å². The van der Waals surface area contributed by atoms with E-state index in [1.165, 1.54) is 12.8 Å². The van der Waals surface area contributed by atoms with Crippen molar-refractivity contribution in [3.63, 3.8) is 0 Å². The van der Waals surface area contributed by atoms with Crippen molar-refractivity contribution in [2.24, 2.45) is 11.8 Å². The van der Waals surface area contributed by atoms with Crippen LogP contribution in [0.15, 0.2) is 0 Å². The summed E-state index contributed by atoms with van der Waals surface area (Å²) in [5.74, 6) is 0.355. The molecule has 122 valence electrons. The van der Waals surface area contributed by atoms with Crippen LogP contribution in [0.3, 0.4) is 0 Å². The second-order valence-electron chi connectivity index (χ2n) is 7.01. The van der Waals surface area contributed by atoms with Crippen LogP contribution in [0.4, 0.5) is 0 Å². The minimum atomic E-state index is -0.374. The molecule has 0 aliphatic carbocycles. The molecule has 3 unspecified atom stereocenters. The van der Waals surface area contributed by atoms with Crippen molar-refractivity contribution in [3.05, 3.63) is 0 Å². The quantitative estimate of drug-likeness (QED) is 0.734. The molecule has 21 heavy (non-hydrogen) atoms. The van der Waals surface area contributed by atoms with E-state index in [0.717, 1.165) is 12.8 Å². The number of carbonyl (C=O) groups excluding carboxylic acids is 2. The molecule has 1 aliphatic rings. The van der Waals surface area contributed by atoms with Gasteiger partial charge in [0, 0.05) is 6.04 Å². The lowest BCUT2D eigenvalue weighted by Gasteiger charge is -2.45. The minimum absolute atomic E-state index is 0.00522. The predicted molar refractivity (Wildman–Crippen MR) is 85.8 cm³/mol. The first-order chi connectivity index (χ1) is 9.81. The molecule has 1 fully saturated rings. The average molecular weight is 296 g/mol. The van der Waals surface area contributed by atoms with Crippen molar-refractivity contribution in [1.29, 1.82) is 0 Å². The largest absolute Gasteiger partial charge is 0.342 e. The number of unbranched alkanes of at least 4 members (excludes halogenated alkanes) is 2. The summed E-state index contributed by atoms with van der Waals surface area (Å²) in [5.41, 5.74) is 0. The van der Waals surface area contributed by atoms with Gasteiger partial charge in [0.1, 0.15) is 12.1 Å². The Morgan fingerprint density at radius 1 is 1.05 bits per heavy atom. The van der Waals surface area contributed by atoms with Crippen molar-refractivity contribution in [1.82, 2.24) is 10.2 Å². The van der Waals surface area contributed by atoms with Gasteiger partial charge in [-0.3, -0.25) is 9.59 Å². The summed E-state index contributed by atoms with van der Waals surface area (Å²) in [5, 5.41) is 2.92. The Labute approximate surface area is 129 Å². The fourth-order valence-electron chi connectivity index (χ4n) is 3.12. The van der Waals surface area contributed by atoms with Crippen LogP contribution >= 0.6 is 0 Å². The first-order valence-electron chi connectivity index (χ1n) is 8.43. The highest BCUT2D eigenvalue weighted by Crippen LogP contribution is 2.25. The van der Waals surface area contributed by atoms with Crippen LogP contribution in [-0.4, -0.2) is 34.8 Å². The molecule has 0 spiro atoms. The van der Waals surface area contributed by atoms with Gasteiger partial charge in [-0.25, -0.2) is 0 Å². The summed E-state index contributed by atoms with van der Waals surface area (Å²) < 4.78 is 0. The number of carbonyl (C=O) groups is 2. The molecule has 0 radical (unpaired) electrons. The van der Waals surface area contributed by atoms with Crippen LogP contribution in [0.5, 0.6) is 0 Å². The Hall–Kier alpha value is -1.06. The Morgan fingerprint density at radius 3 is 2.14 bits per heavy atom. The third-order valence-corrected chi connectivity index (χ3v) is 4.39. The maximum absolute atomic E-state index is 12.8. The first-order valence-corrected chi connectivity index (χ1v) is 8.43. The monoisotopic (exact) mass is 296 g/mol. The van der Waals surface area contributed by atoms with E-state index in [0.29, 0.717) is 0 Å². The summed E-state index contributed by atoms with van der Waals surface area (Å²) in [7, 11) is 0. The molecule has 0 bridgehead atoms. The van der Waals surface area contributed by atoms with E-state index >= 15 is 0 Å². The number of rotatable bonds is 7. The van der Waals surface area contributed by atoms with E-state index in [2.05, 4.69) is 19.2 Å². The molecule has 3 atom stereocenters. The Bertz CT molecular complexity index is 366. The lowest BCUT2D eigenvalue weighted by atomic mass is 9.90. The van der Waals surface area contributed by atoms with Gasteiger partial charge in [-0.15, -0.1) is 0 Å². The Morgan fingerprint density at radius 2 is 1.67 bits per heavy atom. The number of hydrogen-bond acceptors (Lipinski definition) is 2. The fourth-order valence-corrected chi connectivity index (χ4v) is 3.12. The van der Waals surface area contributed by atoms with Crippen LogP contribution in [0.1, 0.15) is 67.2 Å². The second kappa shape index (κ2) is 7.81. The minimum Gasteiger partial charge on any atom is -0.342 e. The normalized spacial score (nSPS) is 24.7. The van der Waals surface area contributed by atoms with Crippen molar-refractivity contribution < 1.29 is 9.59 Å². The molecular formula is C17H32N2O2. The third kappa shape index (κ3) is 4.21. The third-order valence-electron chi connectivity index (χ3n) is 4.39. The predicted octanol–water partition coefficient (Wildman–Crippen LogP) is 2.96. The molecule has 2 amide bonds. The second-order valence-corrected chi connectivity index (χ2v) is 7.01. The highest BCUT2D eigenvalue weighted by molar-refractivity contribution is 5.97. The molecule has 4 nitrogen and oxygen atoms in total. The molecule has 1 N–H and O–H groups in total. The maximum atomic E-state index is 12.8. The van der Waals surface area contributed by atoms with Crippen LogP contribution in [-0.2, 0) is 9.59 Å². The molecule has 4 heteroatoms. The number of hydrogen-bond donors (Lipinski definition) is 1. The van der Waals surface area contributed by atoms with E-state index < -0.39 is 0 Å². The standard InChI is InChI=1S/C17H32N2O2/c1-7-8-9-10-13(6)19-15(12(4)5)16(20)18-14(11(2)3)17(19)21/h11-15H,7-10H2,1-6H3,(H,18,20). The molecule has 1 heterocycles. The number of nitrogens with one attached hydrogen (secondary N) is 1. The molecular weight excluding hydrogens is 264 g/mol. The lowest BCUT2D eigenvalue weighted by molar-refractivity contribution is -0.155. The van der Waals surface area contributed by atoms with Crippen molar-refractivity contribution in [3.8, 4) is 0 Å². The molecule has 0 aromatic rings. The molecule has 0 saturated carbocycles. The molecule has 0 aromatic carbocycles. The lowest BCUT2D eigenvalue weighted by Crippen LogP contribution is -2.67. The number of amides is 2. The fraction of sp³-hybridized carbons (Fsp3) is 0.882. The topological polar surface area (TPSA) is 49.4 Å². The molecule has 1 aliphatic heterocycles. The zero-order valence-electron chi connectivity index (χ0n) is 14.5. The Kier molecular flexibility index (Phi) is 6.69. The van der Waals surface area contributed by atoms with E-state index in [9.17, 15) is 9.59 Å². The SMILES string of the molecule is CCCCCC(C)N1C(=O)C(C(C)C)NC(=O)C1C(C)C. The van der Waals surface area contributed by atoms with Gasteiger partial charge < -0.3 is 10.2 Å². The summed E-state index contributed by atoms with van der Waals surface area (Å²) in [4.78, 5) is 27.1. The summed E-state index contributed by atoms with van der Waals surface area (Å²) >= 11 is 0. The molecule has 1 rings (SSSR count). The van der Waals surface area contributed by atoms with E-state index in [-0.39, 0.29) is 41.8 Å². The Balaban J connectivity index is 2.94. The van der Waals surface area contributed by atoms with Crippen molar-refractivity contribution >= 4 is 11.8 Å². The zero-order chi connectivity index (χ0) is 16.2. The summed E-state index contributed by atoms with van der Waals surface area (Å²) in [6.45, 7) is 12.3. The number of piperazine rings is 1. The maximum Gasteiger partial charge on any atom is 0.246 e. The zero-order valence-corrected chi connectivity index (χ0v) is 14.5. The van der Waals surface area contributed by atoms with Gasteiger partial charge in [0.25, 0.3) is 0 Å². The van der Waals surface area contributed by atoms with Crippen LogP contribution in [0.2, 0.25) is 0 Å². The summed E-state index contributed by atoms with van der Waals surface area (Å²) in [6.07, 6.45) is 4.43. The highest BCUT2D eigenvalue weighted by Gasteiger charge is 2.44. The van der Waals surface area contributed by atoms with Crippen LogP contribution in [0.25, 0.3) is 0 Å². The highest BCUT2D eigenvalue weighted by atomic mass is 16.2. The van der Waals surface area contributed by atoms with Gasteiger partial charge >= 0.3 is 0 Å². The van der Waals surface area contributed by atoms with Crippen LogP contribution in [0, 0.1) is 11.8 Å². The van der Waals surface area contributed by atoms with Gasteiger partial charge in [-0.05, 0) is 25.2 Å². The number of nitrogens with zero attached hydrogens (tertiary/aromatic N) is 1. The van der Waals surface area contributed by atoms with Gasteiger partial charge in [0.15, 0.2) is 0 Å². The van der Waals surface area contributed by atoms with Crippen LogP contribution < -0.4 is 5.32 Å². The smallest absolute Gasteiger partial charge is 0.246 e. The van der Waals surface area contributed by atoms with Gasteiger partial charge in [0.05, 0.1) is 0 Å². The average Bonchev–Trinajstić information content (AvgIpc) is 2.39. The van der Waals surface area contributed by atoms with Gasteiger partial charge in [-0.2, -0.15) is 0 Å². The molecule has 0 aromatic heterocycles. The van der Waals surface area contributed by atoms with Crippen molar-refractivity contribution in [2.45, 2.75) is 85.4 Å². The van der Waals surface area contributed by atoms with E-state index in [1.807, 2.05) is 32.6 Å². The van der Waals surface area contributed by atoms with E-state index in [4.69, 9.17) is 0 Å². The molecule has 1 saturated heterocycles. The van der Waals surface area contributed by atoms with Crippen molar-refractivity contribution in [2.75, 3.05) is 0 Å². The summed E-state index contributed by atoms with van der Waals surface area (Å²) in [6, 6.07) is -0.575. The first kappa shape index (κ1) is 18.0. The van der Waals surface area contributed by atoms with Gasteiger partial charge in [-0.1, -0.05) is 53.9 Å². The van der Waals surface area contributed by atoms with E-state index in [1.54, 1.807) is 0 Å².